The van der Waals surface area contributed by atoms with Gasteiger partial charge in [0.1, 0.15) is 0 Å². The standard InChI is InChI=1S/C23H28ClN3S/c1-26(2)20-8-10-27(15-20)19-6-7-21(17(13-19)14-25)22-9-11-28-23(22)16-4-3-5-18(24)12-16/h3-7,9,11-13,20,22-23H,8,10,14-15,25H2,1-2H3. The van der Waals surface area contributed by atoms with Crippen molar-refractivity contribution in [2.75, 3.05) is 32.1 Å². The number of thioether (sulfide) groups is 1. The van der Waals surface area contributed by atoms with Gasteiger partial charge in [-0.15, -0.1) is 11.8 Å². The van der Waals surface area contributed by atoms with E-state index in [4.69, 9.17) is 17.3 Å². The second kappa shape index (κ2) is 8.50. The zero-order valence-electron chi connectivity index (χ0n) is 16.5. The predicted molar refractivity (Wildman–Crippen MR) is 122 cm³/mol. The quantitative estimate of drug-likeness (QED) is 0.745. The Balaban J connectivity index is 1.60. The molecular formula is C23H28ClN3S. The number of likely N-dealkylation sites (N-methyl/N-ethyl adjacent to an activating group) is 1. The molecule has 0 aromatic heterocycles. The minimum absolute atomic E-state index is 0.323. The van der Waals surface area contributed by atoms with Crippen LogP contribution < -0.4 is 10.6 Å². The second-order valence-corrected chi connectivity index (χ2v) is 9.39. The zero-order valence-corrected chi connectivity index (χ0v) is 18.1. The molecule has 2 N–H and O–H groups in total. The lowest BCUT2D eigenvalue weighted by Gasteiger charge is -2.25. The number of hydrogen-bond donors (Lipinski definition) is 1. The summed E-state index contributed by atoms with van der Waals surface area (Å²) in [4.78, 5) is 4.82. The summed E-state index contributed by atoms with van der Waals surface area (Å²) in [6.45, 7) is 2.75. The van der Waals surface area contributed by atoms with E-state index in [1.54, 1.807) is 0 Å². The van der Waals surface area contributed by atoms with E-state index in [0.29, 0.717) is 23.8 Å². The lowest BCUT2D eigenvalue weighted by atomic mass is 9.88. The fourth-order valence-electron chi connectivity index (χ4n) is 4.33. The second-order valence-electron chi connectivity index (χ2n) is 7.91. The minimum Gasteiger partial charge on any atom is -0.370 e. The van der Waals surface area contributed by atoms with Crippen molar-refractivity contribution >= 4 is 29.1 Å². The molecule has 0 spiro atoms. The third kappa shape index (κ3) is 3.97. The van der Waals surface area contributed by atoms with Crippen molar-refractivity contribution in [2.24, 2.45) is 5.73 Å². The summed E-state index contributed by atoms with van der Waals surface area (Å²) in [6.07, 6.45) is 3.52. The van der Waals surface area contributed by atoms with Crippen molar-refractivity contribution in [3.63, 3.8) is 0 Å². The Morgan fingerprint density at radius 1 is 1.21 bits per heavy atom. The van der Waals surface area contributed by atoms with Crippen LogP contribution in [0.25, 0.3) is 0 Å². The zero-order chi connectivity index (χ0) is 19.7. The Labute approximate surface area is 177 Å². The number of hydrogen-bond acceptors (Lipinski definition) is 4. The summed E-state index contributed by atoms with van der Waals surface area (Å²) >= 11 is 8.11. The highest BCUT2D eigenvalue weighted by Gasteiger charge is 2.29. The van der Waals surface area contributed by atoms with Crippen molar-refractivity contribution < 1.29 is 0 Å². The van der Waals surface area contributed by atoms with Crippen LogP contribution in [0.5, 0.6) is 0 Å². The normalized spacial score (nSPS) is 24.5. The molecular weight excluding hydrogens is 386 g/mol. The number of benzene rings is 2. The van der Waals surface area contributed by atoms with Crippen LogP contribution in [0.15, 0.2) is 53.9 Å². The van der Waals surface area contributed by atoms with E-state index in [1.807, 2.05) is 23.9 Å². The van der Waals surface area contributed by atoms with Gasteiger partial charge >= 0.3 is 0 Å². The number of anilines is 1. The molecule has 2 aliphatic heterocycles. The summed E-state index contributed by atoms with van der Waals surface area (Å²) in [6, 6.07) is 15.7. The fourth-order valence-corrected chi connectivity index (χ4v) is 5.66. The Bertz CT molecular complexity index is 867. The van der Waals surface area contributed by atoms with E-state index in [1.165, 1.54) is 28.8 Å². The SMILES string of the molecule is CN(C)C1CCN(c2ccc(C3C=CSC3c3cccc(Cl)c3)c(CN)c2)C1. The topological polar surface area (TPSA) is 32.5 Å². The average Bonchev–Trinajstić information content (AvgIpc) is 3.37. The third-order valence-corrected chi connectivity index (χ3v) is 7.39. The molecule has 2 aliphatic rings. The van der Waals surface area contributed by atoms with Crippen LogP contribution >= 0.6 is 23.4 Å². The molecule has 3 nitrogen and oxygen atoms in total. The molecule has 3 atom stereocenters. The number of halogens is 1. The highest BCUT2D eigenvalue weighted by molar-refractivity contribution is 8.02. The van der Waals surface area contributed by atoms with E-state index in [2.05, 4.69) is 65.7 Å². The highest BCUT2D eigenvalue weighted by Crippen LogP contribution is 2.49. The van der Waals surface area contributed by atoms with Crippen LogP contribution in [-0.4, -0.2) is 38.1 Å². The van der Waals surface area contributed by atoms with Gasteiger partial charge in [-0.25, -0.2) is 0 Å². The molecule has 0 saturated carbocycles. The van der Waals surface area contributed by atoms with E-state index >= 15 is 0 Å². The van der Waals surface area contributed by atoms with Crippen molar-refractivity contribution in [3.8, 4) is 0 Å². The van der Waals surface area contributed by atoms with Crippen LogP contribution in [0.1, 0.15) is 34.3 Å². The summed E-state index contributed by atoms with van der Waals surface area (Å²) in [5, 5.41) is 3.36. The first-order chi connectivity index (χ1) is 13.6. The van der Waals surface area contributed by atoms with Gasteiger partial charge < -0.3 is 15.5 Å². The molecule has 2 aromatic carbocycles. The van der Waals surface area contributed by atoms with Crippen LogP contribution in [0.4, 0.5) is 5.69 Å². The Morgan fingerprint density at radius 2 is 2.07 bits per heavy atom. The molecule has 4 rings (SSSR count). The molecule has 5 heteroatoms. The maximum Gasteiger partial charge on any atom is 0.0442 e. The fraction of sp³-hybridized carbons (Fsp3) is 0.391. The van der Waals surface area contributed by atoms with Gasteiger partial charge in [0.2, 0.25) is 0 Å². The highest BCUT2D eigenvalue weighted by atomic mass is 35.5. The Morgan fingerprint density at radius 3 is 2.79 bits per heavy atom. The van der Waals surface area contributed by atoms with E-state index < -0.39 is 0 Å². The van der Waals surface area contributed by atoms with Gasteiger partial charge in [0, 0.05) is 47.6 Å². The number of nitrogens with two attached hydrogens (primary N) is 1. The van der Waals surface area contributed by atoms with Crippen LogP contribution in [0.2, 0.25) is 5.02 Å². The van der Waals surface area contributed by atoms with Gasteiger partial charge in [-0.1, -0.05) is 35.9 Å². The van der Waals surface area contributed by atoms with Gasteiger partial charge in [-0.2, -0.15) is 0 Å². The molecule has 0 aliphatic carbocycles. The molecule has 0 radical (unpaired) electrons. The summed E-state index contributed by atoms with van der Waals surface area (Å²) < 4.78 is 0. The van der Waals surface area contributed by atoms with Crippen LogP contribution in [0.3, 0.4) is 0 Å². The van der Waals surface area contributed by atoms with Crippen molar-refractivity contribution in [3.05, 3.63) is 75.7 Å². The molecule has 3 unspecified atom stereocenters. The maximum atomic E-state index is 6.24. The van der Waals surface area contributed by atoms with Gasteiger partial charge in [0.15, 0.2) is 0 Å². The predicted octanol–water partition coefficient (Wildman–Crippen LogP) is 5.02. The van der Waals surface area contributed by atoms with Gasteiger partial charge in [0.25, 0.3) is 0 Å². The van der Waals surface area contributed by atoms with Crippen LogP contribution in [-0.2, 0) is 6.54 Å². The first kappa shape index (κ1) is 19.8. The van der Waals surface area contributed by atoms with Crippen molar-refractivity contribution in [1.82, 2.24) is 4.90 Å². The van der Waals surface area contributed by atoms with E-state index in [0.717, 1.165) is 18.1 Å². The average molecular weight is 414 g/mol. The summed E-state index contributed by atoms with van der Waals surface area (Å²) in [5.41, 5.74) is 11.3. The smallest absolute Gasteiger partial charge is 0.0442 e. The number of allylic oxidation sites excluding steroid dienone is 1. The summed E-state index contributed by atoms with van der Waals surface area (Å²) in [7, 11) is 4.34. The molecule has 2 heterocycles. The van der Waals surface area contributed by atoms with Crippen molar-refractivity contribution in [1.29, 1.82) is 0 Å². The van der Waals surface area contributed by atoms with Crippen molar-refractivity contribution in [2.45, 2.75) is 30.2 Å². The Hall–Kier alpha value is -1.46. The van der Waals surface area contributed by atoms with Gasteiger partial charge in [-0.3, -0.25) is 0 Å². The number of nitrogens with zero attached hydrogens (tertiary/aromatic N) is 2. The van der Waals surface area contributed by atoms with Crippen LogP contribution in [0, 0.1) is 0 Å². The third-order valence-electron chi connectivity index (χ3n) is 5.98. The number of rotatable bonds is 5. The first-order valence-electron chi connectivity index (χ1n) is 9.88. The minimum atomic E-state index is 0.323. The van der Waals surface area contributed by atoms with Gasteiger partial charge in [0.05, 0.1) is 0 Å². The van der Waals surface area contributed by atoms with E-state index in [9.17, 15) is 0 Å². The molecule has 1 fully saturated rings. The molecule has 28 heavy (non-hydrogen) atoms. The molecule has 2 aromatic rings. The largest absolute Gasteiger partial charge is 0.370 e. The molecule has 1 saturated heterocycles. The first-order valence-corrected chi connectivity index (χ1v) is 11.2. The maximum absolute atomic E-state index is 6.24. The van der Waals surface area contributed by atoms with Gasteiger partial charge in [-0.05, 0) is 66.9 Å². The molecule has 148 valence electrons. The van der Waals surface area contributed by atoms with E-state index in [-0.39, 0.29) is 0 Å². The molecule has 0 bridgehead atoms. The molecule has 0 amide bonds. The lowest BCUT2D eigenvalue weighted by Crippen LogP contribution is -2.31. The lowest BCUT2D eigenvalue weighted by molar-refractivity contribution is 0.315. The Kier molecular flexibility index (Phi) is 6.02. The monoisotopic (exact) mass is 413 g/mol. The summed E-state index contributed by atoms with van der Waals surface area (Å²) in [5.74, 6) is 0.323.